The van der Waals surface area contributed by atoms with E-state index >= 15 is 0 Å². The molecule has 1 aliphatic heterocycles. The molecule has 2 heterocycles. The van der Waals surface area contributed by atoms with E-state index in [-0.39, 0.29) is 11.7 Å². The van der Waals surface area contributed by atoms with Crippen molar-refractivity contribution >= 4 is 30.3 Å². The van der Waals surface area contributed by atoms with Crippen LogP contribution in [-0.4, -0.2) is 101 Å². The Bertz CT molecular complexity index is 1530. The fraction of sp³-hybridized carbons (Fsp3) is 0.765. The third-order valence-corrected chi connectivity index (χ3v) is 7.72. The molecule has 1 saturated heterocycles. The molecule has 2 N–H and O–H groups in total. The molecule has 1 aliphatic rings. The van der Waals surface area contributed by atoms with Crippen LogP contribution in [0.3, 0.4) is 0 Å². The molecule has 18 nitrogen and oxygen atoms in total. The first kappa shape index (κ1) is 43.8. The lowest BCUT2D eigenvalue weighted by molar-refractivity contribution is -0.178. The number of carbonyl (C=O) groups is 3. The summed E-state index contributed by atoms with van der Waals surface area (Å²) in [6, 6.07) is -0.245. The second-order valence-corrected chi connectivity index (χ2v) is 15.7. The van der Waals surface area contributed by atoms with Crippen molar-refractivity contribution in [2.75, 3.05) is 20.7 Å². The molecule has 0 aromatic carbocycles. The van der Waals surface area contributed by atoms with Gasteiger partial charge in [-0.15, -0.1) is 0 Å². The Morgan fingerprint density at radius 3 is 2.12 bits per heavy atom. The predicted octanol–water partition coefficient (Wildman–Crippen LogP) is 5.05. The van der Waals surface area contributed by atoms with E-state index in [1.54, 1.807) is 88.2 Å². The van der Waals surface area contributed by atoms with E-state index in [0.717, 1.165) is 0 Å². The van der Waals surface area contributed by atoms with E-state index in [0.29, 0.717) is 0 Å². The number of hydrogen-bond donors (Lipinski definition) is 2. The Balaban J connectivity index is 2.57. The van der Waals surface area contributed by atoms with E-state index in [4.69, 9.17) is 23.7 Å². The average Bonchev–Trinajstić information content (AvgIpc) is 3.25. The van der Waals surface area contributed by atoms with Crippen molar-refractivity contribution in [2.24, 2.45) is 27.9 Å². The summed E-state index contributed by atoms with van der Waals surface area (Å²) in [6.07, 6.45) is -1.78. The predicted molar refractivity (Wildman–Crippen MR) is 193 cm³/mol. The van der Waals surface area contributed by atoms with Gasteiger partial charge in [-0.3, -0.25) is 4.57 Å². The van der Waals surface area contributed by atoms with Crippen molar-refractivity contribution < 1.29 is 38.1 Å². The highest BCUT2D eigenvalue weighted by Gasteiger charge is 2.57. The zero-order valence-corrected chi connectivity index (χ0v) is 32.9. The molecule has 1 aromatic rings. The van der Waals surface area contributed by atoms with Gasteiger partial charge < -0.3 is 39.2 Å². The quantitative estimate of drug-likeness (QED) is 0.0489. The van der Waals surface area contributed by atoms with Crippen LogP contribution in [0.4, 0.5) is 15.4 Å². The number of aromatic nitrogens is 2. The van der Waals surface area contributed by atoms with Crippen LogP contribution in [-0.2, 0) is 28.5 Å². The smallest absolute Gasteiger partial charge is 0.408 e. The van der Waals surface area contributed by atoms with Crippen LogP contribution < -0.4 is 16.3 Å². The Morgan fingerprint density at radius 2 is 1.63 bits per heavy atom. The molecule has 7 atom stereocenters. The second kappa shape index (κ2) is 17.9. The van der Waals surface area contributed by atoms with Crippen LogP contribution in [0.25, 0.3) is 10.4 Å². The average molecular weight is 736 g/mol. The molecule has 0 aliphatic carbocycles. The third kappa shape index (κ3) is 12.7. The Morgan fingerprint density at radius 1 is 1.06 bits per heavy atom. The molecular weight excluding hydrogens is 678 g/mol. The Hall–Kier alpha value is -4.41. The van der Waals surface area contributed by atoms with Gasteiger partial charge in [0.25, 0.3) is 0 Å². The minimum absolute atomic E-state index is 0.133. The van der Waals surface area contributed by atoms with Crippen LogP contribution >= 0.6 is 0 Å². The monoisotopic (exact) mass is 735 g/mol. The molecule has 0 radical (unpaired) electrons. The molecule has 18 heteroatoms. The maximum Gasteiger partial charge on any atom is 0.408 e. The number of carbonyl (C=O) groups excluding carboxylic acids is 3. The van der Waals surface area contributed by atoms with Crippen molar-refractivity contribution in [3.05, 3.63) is 33.2 Å². The number of azide groups is 1. The molecule has 1 unspecified atom stereocenters. The molecule has 0 saturated carbocycles. The minimum atomic E-state index is -2.02. The summed E-state index contributed by atoms with van der Waals surface area (Å²) in [6.45, 7) is 20.4. The third-order valence-electron chi connectivity index (χ3n) is 7.72. The molecule has 0 bridgehead atoms. The number of hydrogen-bond acceptors (Lipinski definition) is 12. The number of nitrogens with one attached hydrogen (secondary N) is 2. The van der Waals surface area contributed by atoms with Crippen molar-refractivity contribution in [3.63, 3.8) is 0 Å². The lowest BCUT2D eigenvalue weighted by atomic mass is 9.96. The standard InChI is InChI=1S/C34H57N9O9/c1-19(2)24(38-30(46)51-32(7,8)9)22(6)48-17-34(40-41-35)26(49-28(44)25(20(3)4)39-31(47)52-33(10,11)12)21(5)27(50-34)43-16-15-23(37-29(43)45)36-18-42(13)14/h15-16,18-22,24-27H,17H2,1-14H3,(H,38,46)(H,39,47)/t21-,22?,24-,25-,26-,27+,34+/m0/s1. The number of alkyl carbamates (subject to hydrolysis) is 2. The van der Waals surface area contributed by atoms with Gasteiger partial charge in [-0.25, -0.2) is 24.2 Å². The molecule has 2 amide bonds. The Labute approximate surface area is 305 Å². The van der Waals surface area contributed by atoms with Crippen molar-refractivity contribution in [1.29, 1.82) is 0 Å². The number of amides is 2. The zero-order chi connectivity index (χ0) is 39.8. The first-order chi connectivity index (χ1) is 23.9. The topological polar surface area (TPSA) is 221 Å². The molecule has 1 aromatic heterocycles. The minimum Gasteiger partial charge on any atom is -0.457 e. The van der Waals surface area contributed by atoms with Crippen molar-refractivity contribution in [2.45, 2.75) is 131 Å². The van der Waals surface area contributed by atoms with E-state index in [1.165, 1.54) is 23.2 Å². The SMILES string of the molecule is CC(C)[C@H](NC(=O)OC(C)(C)C)C(C)OC[C@@]1(N=[N+]=[N-])O[C@@H](n2ccc(N=CN(C)C)nc2=O)[C@@H](C)[C@@H]1OC(=O)[C@@H](NC(=O)OC(C)(C)C)C(C)C. The van der Waals surface area contributed by atoms with Gasteiger partial charge in [0, 0.05) is 31.1 Å². The van der Waals surface area contributed by atoms with Crippen molar-refractivity contribution in [3.8, 4) is 0 Å². The number of aliphatic imine (C=N–C) groups is 1. The number of nitrogens with zero attached hydrogens (tertiary/aromatic N) is 7. The largest absolute Gasteiger partial charge is 0.457 e. The van der Waals surface area contributed by atoms with Gasteiger partial charge in [-0.05, 0) is 71.9 Å². The van der Waals surface area contributed by atoms with E-state index in [2.05, 4.69) is 30.6 Å². The van der Waals surface area contributed by atoms with Gasteiger partial charge in [0.05, 0.1) is 25.1 Å². The highest BCUT2D eigenvalue weighted by atomic mass is 16.6. The van der Waals surface area contributed by atoms with Crippen molar-refractivity contribution in [1.82, 2.24) is 25.1 Å². The van der Waals surface area contributed by atoms with Gasteiger partial charge in [0.15, 0.2) is 5.82 Å². The maximum atomic E-state index is 13.8. The summed E-state index contributed by atoms with van der Waals surface area (Å²) in [5, 5.41) is 9.38. The fourth-order valence-electron chi connectivity index (χ4n) is 5.35. The first-order valence-electron chi connectivity index (χ1n) is 17.2. The summed E-state index contributed by atoms with van der Waals surface area (Å²) in [4.78, 5) is 65.4. The number of esters is 1. The summed E-state index contributed by atoms with van der Waals surface area (Å²) >= 11 is 0. The summed E-state index contributed by atoms with van der Waals surface area (Å²) in [5.41, 5.74) is 5.51. The van der Waals surface area contributed by atoms with Gasteiger partial charge in [0.2, 0.25) is 5.72 Å². The summed E-state index contributed by atoms with van der Waals surface area (Å²) in [5.74, 6) is -2.14. The Kier molecular flexibility index (Phi) is 15.0. The molecular formula is C34H57N9O9. The van der Waals surface area contributed by atoms with Crippen LogP contribution in [0.2, 0.25) is 0 Å². The van der Waals surface area contributed by atoms with E-state index in [1.807, 2.05) is 13.8 Å². The summed E-state index contributed by atoms with van der Waals surface area (Å²) in [7, 11) is 3.53. The van der Waals surface area contributed by atoms with E-state index in [9.17, 15) is 24.7 Å². The number of rotatable bonds is 14. The molecule has 292 valence electrons. The normalized spacial score (nSPS) is 22.3. The molecule has 52 heavy (non-hydrogen) atoms. The van der Waals surface area contributed by atoms with Crippen LogP contribution in [0.5, 0.6) is 0 Å². The highest BCUT2D eigenvalue weighted by molar-refractivity contribution is 5.82. The second-order valence-electron chi connectivity index (χ2n) is 15.7. The zero-order valence-electron chi connectivity index (χ0n) is 32.9. The van der Waals surface area contributed by atoms with E-state index < -0.39 is 89.7 Å². The van der Waals surface area contributed by atoms with Crippen LogP contribution in [0, 0.1) is 17.8 Å². The first-order valence-corrected chi connectivity index (χ1v) is 17.2. The van der Waals surface area contributed by atoms with Crippen LogP contribution in [0.15, 0.2) is 27.2 Å². The molecule has 2 rings (SSSR count). The highest BCUT2D eigenvalue weighted by Crippen LogP contribution is 2.44. The van der Waals surface area contributed by atoms with Gasteiger partial charge in [0.1, 0.15) is 29.6 Å². The maximum absolute atomic E-state index is 13.8. The number of ether oxygens (including phenoxy) is 5. The lowest BCUT2D eigenvalue weighted by Crippen LogP contribution is -2.53. The lowest BCUT2D eigenvalue weighted by Gasteiger charge is -2.35. The fourth-order valence-corrected chi connectivity index (χ4v) is 5.35. The summed E-state index contributed by atoms with van der Waals surface area (Å²) < 4.78 is 30.7. The van der Waals surface area contributed by atoms with Gasteiger partial charge >= 0.3 is 23.8 Å². The van der Waals surface area contributed by atoms with Crippen LogP contribution in [0.1, 0.15) is 89.3 Å². The molecule has 1 fully saturated rings. The van der Waals surface area contributed by atoms with Gasteiger partial charge in [-0.2, -0.15) is 4.98 Å². The molecule has 0 spiro atoms. The van der Waals surface area contributed by atoms with Gasteiger partial charge in [-0.1, -0.05) is 39.7 Å².